The van der Waals surface area contributed by atoms with Crippen molar-refractivity contribution >= 4 is 16.4 Å². The highest BCUT2D eigenvalue weighted by molar-refractivity contribution is 7.84. The summed E-state index contributed by atoms with van der Waals surface area (Å²) >= 11 is 0. The van der Waals surface area contributed by atoms with Crippen molar-refractivity contribution in [2.24, 2.45) is 7.05 Å². The second kappa shape index (κ2) is 5.79. The van der Waals surface area contributed by atoms with Crippen LogP contribution in [0.3, 0.4) is 0 Å². The largest absolute Gasteiger partial charge is 0.314 e. The van der Waals surface area contributed by atoms with Gasteiger partial charge in [-0.3, -0.25) is 18.5 Å². The molecular formula is C12H15N7O2S. The number of aryl methyl sites for hydroxylation is 3. The van der Waals surface area contributed by atoms with Crippen molar-refractivity contribution in [2.45, 2.75) is 19.1 Å². The molecule has 3 heterocycles. The van der Waals surface area contributed by atoms with E-state index in [0.717, 1.165) is 5.82 Å². The molecule has 0 amide bonds. The number of fused-ring (bicyclic) bond motifs is 1. The zero-order chi connectivity index (χ0) is 15.7. The van der Waals surface area contributed by atoms with Crippen LogP contribution >= 0.6 is 0 Å². The second-order valence-corrected chi connectivity index (χ2v) is 6.48. The van der Waals surface area contributed by atoms with Gasteiger partial charge in [0, 0.05) is 42.4 Å². The number of hydrogen-bond donors (Lipinski definition) is 1. The molecule has 0 radical (unpaired) electrons. The lowest BCUT2D eigenvalue weighted by atomic mass is 10.5. The molecule has 1 atom stereocenters. The minimum absolute atomic E-state index is 0.233. The van der Waals surface area contributed by atoms with Crippen LogP contribution in [0.25, 0.3) is 5.65 Å². The van der Waals surface area contributed by atoms with Gasteiger partial charge in [0.2, 0.25) is 5.65 Å². The van der Waals surface area contributed by atoms with E-state index < -0.39 is 10.8 Å². The van der Waals surface area contributed by atoms with E-state index in [4.69, 9.17) is 0 Å². The number of H-pyrrole nitrogens is 1. The van der Waals surface area contributed by atoms with Gasteiger partial charge in [0.1, 0.15) is 11.6 Å². The predicted molar refractivity (Wildman–Crippen MR) is 79.8 cm³/mol. The standard InChI is InChI=1S/C12H15N7O2S/c1-8-13-9(15-14-8)3-6-22(21)7-10-16-17-11-12(20)18(2)4-5-19(10)11/h4-5H,3,6-7H2,1-2H3,(H,13,14,15). The molecule has 22 heavy (non-hydrogen) atoms. The van der Waals surface area contributed by atoms with Gasteiger partial charge in [0.25, 0.3) is 5.56 Å². The Labute approximate surface area is 127 Å². The first-order chi connectivity index (χ1) is 10.5. The molecule has 10 heteroatoms. The topological polar surface area (TPSA) is 111 Å². The van der Waals surface area contributed by atoms with Crippen molar-refractivity contribution < 1.29 is 4.21 Å². The summed E-state index contributed by atoms with van der Waals surface area (Å²) in [4.78, 5) is 16.1. The third-order valence-corrected chi connectivity index (χ3v) is 4.44. The first-order valence-corrected chi connectivity index (χ1v) is 8.15. The van der Waals surface area contributed by atoms with Gasteiger partial charge in [-0.15, -0.1) is 10.2 Å². The Hall–Kier alpha value is -2.36. The molecule has 0 aromatic carbocycles. The second-order valence-electron chi connectivity index (χ2n) is 4.90. The Morgan fingerprint density at radius 1 is 1.32 bits per heavy atom. The molecule has 0 bridgehead atoms. The molecule has 116 valence electrons. The van der Waals surface area contributed by atoms with Gasteiger partial charge in [-0.2, -0.15) is 5.10 Å². The van der Waals surface area contributed by atoms with Gasteiger partial charge in [-0.05, 0) is 6.92 Å². The van der Waals surface area contributed by atoms with Gasteiger partial charge >= 0.3 is 0 Å². The highest BCUT2D eigenvalue weighted by atomic mass is 32.2. The summed E-state index contributed by atoms with van der Waals surface area (Å²) < 4.78 is 15.2. The van der Waals surface area contributed by atoms with E-state index in [1.807, 2.05) is 6.92 Å². The fourth-order valence-corrected chi connectivity index (χ4v) is 3.08. The maximum absolute atomic E-state index is 12.2. The van der Waals surface area contributed by atoms with Crippen molar-refractivity contribution in [3.8, 4) is 0 Å². The average molecular weight is 321 g/mol. The van der Waals surface area contributed by atoms with Crippen LogP contribution in [0.2, 0.25) is 0 Å². The van der Waals surface area contributed by atoms with Crippen molar-refractivity contribution in [3.63, 3.8) is 0 Å². The van der Waals surface area contributed by atoms with Crippen molar-refractivity contribution in [1.82, 2.24) is 34.3 Å². The van der Waals surface area contributed by atoms with Crippen LogP contribution in [-0.4, -0.2) is 44.3 Å². The molecule has 1 N–H and O–H groups in total. The van der Waals surface area contributed by atoms with Gasteiger partial charge in [0.15, 0.2) is 5.82 Å². The lowest BCUT2D eigenvalue weighted by Crippen LogP contribution is -2.19. The fraction of sp³-hybridized carbons (Fsp3) is 0.417. The summed E-state index contributed by atoms with van der Waals surface area (Å²) in [5.74, 6) is 2.55. The smallest absolute Gasteiger partial charge is 0.295 e. The summed E-state index contributed by atoms with van der Waals surface area (Å²) in [7, 11) is 0.512. The summed E-state index contributed by atoms with van der Waals surface area (Å²) in [5, 5.41) is 14.6. The van der Waals surface area contributed by atoms with Gasteiger partial charge in [0.05, 0.1) is 5.75 Å². The summed E-state index contributed by atoms with van der Waals surface area (Å²) in [6.45, 7) is 1.82. The van der Waals surface area contributed by atoms with Gasteiger partial charge in [-0.25, -0.2) is 4.98 Å². The predicted octanol–water partition coefficient (Wildman–Crippen LogP) is -0.654. The van der Waals surface area contributed by atoms with Crippen LogP contribution in [0.1, 0.15) is 17.5 Å². The van der Waals surface area contributed by atoms with Crippen LogP contribution in [-0.2, 0) is 30.0 Å². The zero-order valence-corrected chi connectivity index (χ0v) is 13.0. The Morgan fingerprint density at radius 2 is 2.14 bits per heavy atom. The molecule has 0 aliphatic rings. The summed E-state index contributed by atoms with van der Waals surface area (Å²) in [6.07, 6.45) is 3.85. The Kier molecular flexibility index (Phi) is 3.84. The molecule has 3 rings (SSSR count). The number of aromatic amines is 1. The van der Waals surface area contributed by atoms with Crippen LogP contribution in [0.15, 0.2) is 17.2 Å². The minimum atomic E-state index is -1.13. The summed E-state index contributed by atoms with van der Waals surface area (Å²) in [6, 6.07) is 0. The number of hydrogen-bond acceptors (Lipinski definition) is 6. The maximum Gasteiger partial charge on any atom is 0.295 e. The number of aromatic nitrogens is 7. The average Bonchev–Trinajstić information content (AvgIpc) is 3.08. The van der Waals surface area contributed by atoms with Crippen LogP contribution in [0.5, 0.6) is 0 Å². The molecule has 0 fully saturated rings. The fourth-order valence-electron chi connectivity index (χ4n) is 2.04. The number of nitrogens with zero attached hydrogens (tertiary/aromatic N) is 6. The first-order valence-electron chi connectivity index (χ1n) is 6.66. The molecular weight excluding hydrogens is 306 g/mol. The SMILES string of the molecule is Cc1nc(CCS(=O)Cc2nnc3c(=O)n(C)ccn23)n[nH]1. The Morgan fingerprint density at radius 3 is 2.86 bits per heavy atom. The van der Waals surface area contributed by atoms with Gasteiger partial charge in [-0.1, -0.05) is 0 Å². The van der Waals surface area contributed by atoms with E-state index in [9.17, 15) is 9.00 Å². The first kappa shape index (κ1) is 14.6. The van der Waals surface area contributed by atoms with E-state index in [-0.39, 0.29) is 17.0 Å². The molecule has 0 saturated heterocycles. The molecule has 0 aliphatic carbocycles. The normalized spacial score (nSPS) is 12.8. The van der Waals surface area contributed by atoms with E-state index in [1.54, 1.807) is 23.8 Å². The van der Waals surface area contributed by atoms with Crippen LogP contribution < -0.4 is 5.56 Å². The monoisotopic (exact) mass is 321 g/mol. The zero-order valence-electron chi connectivity index (χ0n) is 12.2. The molecule has 3 aromatic heterocycles. The van der Waals surface area contributed by atoms with Gasteiger partial charge < -0.3 is 4.57 Å². The van der Waals surface area contributed by atoms with Crippen LogP contribution in [0.4, 0.5) is 0 Å². The van der Waals surface area contributed by atoms with E-state index in [1.165, 1.54) is 4.57 Å². The quantitative estimate of drug-likeness (QED) is 0.668. The Balaban J connectivity index is 1.72. The number of rotatable bonds is 5. The molecule has 0 aliphatic heterocycles. The van der Waals surface area contributed by atoms with Crippen molar-refractivity contribution in [2.75, 3.05) is 5.75 Å². The molecule has 3 aromatic rings. The van der Waals surface area contributed by atoms with E-state index >= 15 is 0 Å². The highest BCUT2D eigenvalue weighted by Gasteiger charge is 2.13. The number of nitrogens with one attached hydrogen (secondary N) is 1. The molecule has 1 unspecified atom stereocenters. The highest BCUT2D eigenvalue weighted by Crippen LogP contribution is 2.04. The minimum Gasteiger partial charge on any atom is -0.314 e. The van der Waals surface area contributed by atoms with Crippen LogP contribution in [0, 0.1) is 6.92 Å². The third-order valence-electron chi connectivity index (χ3n) is 3.20. The van der Waals surface area contributed by atoms with E-state index in [0.29, 0.717) is 23.8 Å². The lowest BCUT2D eigenvalue weighted by molar-refractivity contribution is 0.679. The molecule has 0 spiro atoms. The van der Waals surface area contributed by atoms with Crippen molar-refractivity contribution in [3.05, 3.63) is 40.2 Å². The molecule has 9 nitrogen and oxygen atoms in total. The van der Waals surface area contributed by atoms with Crippen molar-refractivity contribution in [1.29, 1.82) is 0 Å². The lowest BCUT2D eigenvalue weighted by Gasteiger charge is -2.01. The molecule has 0 saturated carbocycles. The Bertz CT molecular complexity index is 894. The van der Waals surface area contributed by atoms with E-state index in [2.05, 4.69) is 25.4 Å². The summed E-state index contributed by atoms with van der Waals surface area (Å²) in [5.41, 5.74) is 0.00447. The third kappa shape index (κ3) is 2.82. The maximum atomic E-state index is 12.2.